The second-order valence-corrected chi connectivity index (χ2v) is 3.99. The predicted molar refractivity (Wildman–Crippen MR) is 61.8 cm³/mol. The smallest absolute Gasteiger partial charge is 0.322 e. The molecule has 18 heavy (non-hydrogen) atoms. The topological polar surface area (TPSA) is 86.7 Å². The molecule has 6 heteroatoms. The number of carboxylic acids is 1. The van der Waals surface area contributed by atoms with Crippen LogP contribution in [0.2, 0.25) is 0 Å². The number of rotatable bonds is 4. The highest BCUT2D eigenvalue weighted by Gasteiger charge is 2.28. The number of nitrogens with one attached hydrogen (secondary N) is 1. The highest BCUT2D eigenvalue weighted by molar-refractivity contribution is 6.00. The van der Waals surface area contributed by atoms with E-state index in [1.807, 2.05) is 12.1 Å². The fraction of sp³-hybridized carbons (Fsp3) is 0.250. The summed E-state index contributed by atoms with van der Waals surface area (Å²) in [5.41, 5.74) is 1.48. The number of fused-ring (bicyclic) bond motifs is 1. The summed E-state index contributed by atoms with van der Waals surface area (Å²) >= 11 is 0. The van der Waals surface area contributed by atoms with E-state index < -0.39 is 18.4 Å². The lowest BCUT2D eigenvalue weighted by atomic mass is 10.1. The minimum absolute atomic E-state index is 0.124. The number of nitrogens with zero attached hydrogens (tertiary/aromatic N) is 1. The largest absolute Gasteiger partial charge is 0.480 e. The third kappa shape index (κ3) is 2.48. The van der Waals surface area contributed by atoms with E-state index in [0.717, 1.165) is 5.56 Å². The van der Waals surface area contributed by atoms with Crippen molar-refractivity contribution in [1.82, 2.24) is 10.2 Å². The van der Waals surface area contributed by atoms with Gasteiger partial charge in [-0.15, -0.1) is 0 Å². The Labute approximate surface area is 103 Å². The maximum absolute atomic E-state index is 11.9. The molecule has 2 rings (SSSR count). The molecule has 0 saturated carbocycles. The molecule has 1 aliphatic rings. The van der Waals surface area contributed by atoms with Gasteiger partial charge in [-0.3, -0.25) is 14.4 Å². The van der Waals surface area contributed by atoms with Crippen LogP contribution >= 0.6 is 0 Å². The number of amides is 2. The number of carboxylic acid groups (broad SMARTS) is 1. The number of carbonyl (C=O) groups excluding carboxylic acids is 2. The van der Waals surface area contributed by atoms with Crippen LogP contribution in [0, 0.1) is 0 Å². The highest BCUT2D eigenvalue weighted by atomic mass is 16.4. The summed E-state index contributed by atoms with van der Waals surface area (Å²) in [6, 6.07) is 7.15. The summed E-state index contributed by atoms with van der Waals surface area (Å²) in [6.07, 6.45) is 0. The predicted octanol–water partition coefficient (Wildman–Crippen LogP) is -0.157. The van der Waals surface area contributed by atoms with Crippen LogP contribution in [-0.4, -0.2) is 40.9 Å². The van der Waals surface area contributed by atoms with E-state index in [1.165, 1.54) is 4.90 Å². The Morgan fingerprint density at radius 3 is 2.72 bits per heavy atom. The monoisotopic (exact) mass is 248 g/mol. The van der Waals surface area contributed by atoms with E-state index in [2.05, 4.69) is 5.32 Å². The first-order valence-electron chi connectivity index (χ1n) is 5.43. The molecule has 94 valence electrons. The molecule has 1 aromatic carbocycles. The van der Waals surface area contributed by atoms with Crippen molar-refractivity contribution < 1.29 is 19.5 Å². The first kappa shape index (κ1) is 12.1. The van der Waals surface area contributed by atoms with Gasteiger partial charge in [0.25, 0.3) is 5.91 Å². The molecule has 1 aliphatic heterocycles. The van der Waals surface area contributed by atoms with Gasteiger partial charge in [0.2, 0.25) is 5.91 Å². The van der Waals surface area contributed by atoms with Crippen LogP contribution in [-0.2, 0) is 16.1 Å². The minimum Gasteiger partial charge on any atom is -0.480 e. The Balaban J connectivity index is 1.96. The lowest BCUT2D eigenvalue weighted by Crippen LogP contribution is -2.39. The van der Waals surface area contributed by atoms with Crippen molar-refractivity contribution in [1.29, 1.82) is 0 Å². The standard InChI is InChI=1S/C12H12N2O4/c15-10(13-5-11(16)17)7-14-6-8-3-1-2-4-9(8)12(14)18/h1-4H,5-7H2,(H,13,15)(H,16,17). The Kier molecular flexibility index (Phi) is 3.27. The SMILES string of the molecule is O=C(O)CNC(=O)CN1Cc2ccccc2C1=O. The van der Waals surface area contributed by atoms with Gasteiger partial charge in [-0.05, 0) is 11.6 Å². The van der Waals surface area contributed by atoms with Crippen LogP contribution in [0.15, 0.2) is 24.3 Å². The van der Waals surface area contributed by atoms with Gasteiger partial charge in [0.05, 0.1) is 0 Å². The van der Waals surface area contributed by atoms with E-state index in [1.54, 1.807) is 12.1 Å². The van der Waals surface area contributed by atoms with Crippen LogP contribution in [0.3, 0.4) is 0 Å². The zero-order valence-electron chi connectivity index (χ0n) is 9.55. The second kappa shape index (κ2) is 4.87. The van der Waals surface area contributed by atoms with E-state index in [0.29, 0.717) is 12.1 Å². The molecule has 0 saturated heterocycles. The number of aliphatic carboxylic acids is 1. The molecule has 2 N–H and O–H groups in total. The molecule has 0 spiro atoms. The van der Waals surface area contributed by atoms with E-state index in [4.69, 9.17) is 5.11 Å². The third-order valence-electron chi connectivity index (χ3n) is 2.67. The summed E-state index contributed by atoms with van der Waals surface area (Å²) < 4.78 is 0. The molecule has 6 nitrogen and oxygen atoms in total. The zero-order valence-corrected chi connectivity index (χ0v) is 9.55. The molecule has 2 amide bonds. The molecule has 0 bridgehead atoms. The van der Waals surface area contributed by atoms with Gasteiger partial charge in [0, 0.05) is 12.1 Å². The lowest BCUT2D eigenvalue weighted by Gasteiger charge is -2.14. The normalized spacial score (nSPS) is 13.3. The van der Waals surface area contributed by atoms with Crippen LogP contribution in [0.5, 0.6) is 0 Å². The molecule has 0 aliphatic carbocycles. The minimum atomic E-state index is -1.11. The fourth-order valence-electron chi connectivity index (χ4n) is 1.85. The molecule has 1 aromatic rings. The Morgan fingerprint density at radius 1 is 1.33 bits per heavy atom. The van der Waals surface area contributed by atoms with Crippen molar-refractivity contribution in [2.24, 2.45) is 0 Å². The van der Waals surface area contributed by atoms with Gasteiger partial charge >= 0.3 is 5.97 Å². The molecule has 0 radical (unpaired) electrons. The van der Waals surface area contributed by atoms with Gasteiger partial charge in [-0.25, -0.2) is 0 Å². The molecular formula is C12H12N2O4. The Hall–Kier alpha value is -2.37. The van der Waals surface area contributed by atoms with Crippen molar-refractivity contribution >= 4 is 17.8 Å². The van der Waals surface area contributed by atoms with Crippen molar-refractivity contribution in [2.75, 3.05) is 13.1 Å². The van der Waals surface area contributed by atoms with Gasteiger partial charge in [0.15, 0.2) is 0 Å². The van der Waals surface area contributed by atoms with E-state index >= 15 is 0 Å². The quantitative estimate of drug-likeness (QED) is 0.775. The molecule has 0 atom stereocenters. The van der Waals surface area contributed by atoms with E-state index in [-0.39, 0.29) is 12.5 Å². The maximum atomic E-state index is 11.9. The van der Waals surface area contributed by atoms with Gasteiger partial charge in [-0.1, -0.05) is 18.2 Å². The Morgan fingerprint density at radius 2 is 2.06 bits per heavy atom. The third-order valence-corrected chi connectivity index (χ3v) is 2.67. The molecule has 0 aromatic heterocycles. The molecule has 0 unspecified atom stereocenters. The van der Waals surface area contributed by atoms with Gasteiger partial charge in [0.1, 0.15) is 13.1 Å². The van der Waals surface area contributed by atoms with Crippen molar-refractivity contribution in [3.63, 3.8) is 0 Å². The summed E-state index contributed by atoms with van der Waals surface area (Å²) in [6.45, 7) is -0.176. The van der Waals surface area contributed by atoms with Crippen LogP contribution in [0.4, 0.5) is 0 Å². The summed E-state index contributed by atoms with van der Waals surface area (Å²) in [5, 5.41) is 10.6. The first-order chi connectivity index (χ1) is 8.58. The summed E-state index contributed by atoms with van der Waals surface area (Å²) in [4.78, 5) is 35.0. The summed E-state index contributed by atoms with van der Waals surface area (Å²) in [5.74, 6) is -1.78. The van der Waals surface area contributed by atoms with Crippen LogP contribution < -0.4 is 5.32 Å². The highest BCUT2D eigenvalue weighted by Crippen LogP contribution is 2.21. The van der Waals surface area contributed by atoms with Gasteiger partial charge in [-0.2, -0.15) is 0 Å². The van der Waals surface area contributed by atoms with Crippen molar-refractivity contribution in [3.05, 3.63) is 35.4 Å². The molecule has 0 fully saturated rings. The lowest BCUT2D eigenvalue weighted by molar-refractivity contribution is -0.138. The number of hydrogen-bond acceptors (Lipinski definition) is 3. The van der Waals surface area contributed by atoms with Crippen molar-refractivity contribution in [3.8, 4) is 0 Å². The van der Waals surface area contributed by atoms with Crippen LogP contribution in [0.1, 0.15) is 15.9 Å². The van der Waals surface area contributed by atoms with Gasteiger partial charge < -0.3 is 15.3 Å². The average Bonchev–Trinajstić information content (AvgIpc) is 2.65. The number of hydrogen-bond donors (Lipinski definition) is 2. The molecule has 1 heterocycles. The summed E-state index contributed by atoms with van der Waals surface area (Å²) in [7, 11) is 0. The maximum Gasteiger partial charge on any atom is 0.322 e. The zero-order chi connectivity index (χ0) is 13.1. The fourth-order valence-corrected chi connectivity index (χ4v) is 1.85. The second-order valence-electron chi connectivity index (χ2n) is 3.99. The molecular weight excluding hydrogens is 236 g/mol. The number of benzene rings is 1. The number of carbonyl (C=O) groups is 3. The Bertz CT molecular complexity index is 513. The van der Waals surface area contributed by atoms with E-state index in [9.17, 15) is 14.4 Å². The first-order valence-corrected chi connectivity index (χ1v) is 5.43. The van der Waals surface area contributed by atoms with Crippen LogP contribution in [0.25, 0.3) is 0 Å². The van der Waals surface area contributed by atoms with Crippen molar-refractivity contribution in [2.45, 2.75) is 6.54 Å². The average molecular weight is 248 g/mol.